The first-order valence-corrected chi connectivity index (χ1v) is 3.94. The summed E-state index contributed by atoms with van der Waals surface area (Å²) >= 11 is 0. The summed E-state index contributed by atoms with van der Waals surface area (Å²) < 4.78 is 9.31. The first-order chi connectivity index (χ1) is 6.49. The second kappa shape index (κ2) is 4.20. The third-order valence-corrected chi connectivity index (χ3v) is 2.05. The molecule has 0 aliphatic carbocycles. The molecular weight excluding hydrogens is 196 g/mol. The van der Waals surface area contributed by atoms with Crippen LogP contribution in [0.5, 0.6) is 0 Å². The molecule has 1 aliphatic rings. The van der Waals surface area contributed by atoms with Crippen LogP contribution in [0.3, 0.4) is 0 Å². The summed E-state index contributed by atoms with van der Waals surface area (Å²) in [7, 11) is 1.19. The Bertz CT molecular complexity index is 216. The lowest BCUT2D eigenvalue weighted by atomic mass is 9.99. The first-order valence-electron chi connectivity index (χ1n) is 3.94. The maximum Gasteiger partial charge on any atom is 0.335 e. The van der Waals surface area contributed by atoms with E-state index in [9.17, 15) is 20.1 Å². The highest BCUT2D eigenvalue weighted by Gasteiger charge is 2.46. The number of ether oxygens (including phenoxy) is 2. The van der Waals surface area contributed by atoms with Crippen molar-refractivity contribution in [2.45, 2.75) is 30.7 Å². The maximum atomic E-state index is 10.5. The third kappa shape index (κ3) is 1.86. The average molecular weight is 208 g/mol. The van der Waals surface area contributed by atoms with Gasteiger partial charge in [0.25, 0.3) is 0 Å². The molecule has 0 aromatic rings. The van der Waals surface area contributed by atoms with Crippen molar-refractivity contribution in [1.82, 2.24) is 0 Å². The normalized spacial score (nSPS) is 43.6. The van der Waals surface area contributed by atoms with Crippen LogP contribution in [0.15, 0.2) is 0 Å². The van der Waals surface area contributed by atoms with Crippen LogP contribution in [0.2, 0.25) is 0 Å². The minimum Gasteiger partial charge on any atom is -0.479 e. The highest BCUT2D eigenvalue weighted by molar-refractivity contribution is 5.73. The van der Waals surface area contributed by atoms with Gasteiger partial charge in [-0.2, -0.15) is 0 Å². The minimum atomic E-state index is -1.67. The standard InChI is InChI=1S/C7H12O7/c1-13-7-4(10)2(8)3(9)5(14-7)6(11)12/h2-5,7-10H,1H3,(H,11,12)/t2-,3-,4?,5?,7-/m0/s1. The molecule has 4 N–H and O–H groups in total. The van der Waals surface area contributed by atoms with Gasteiger partial charge in [-0.25, -0.2) is 4.79 Å². The molecule has 0 bridgehead atoms. The Kier molecular flexibility index (Phi) is 3.40. The van der Waals surface area contributed by atoms with Gasteiger partial charge in [0.1, 0.15) is 18.3 Å². The van der Waals surface area contributed by atoms with Crippen molar-refractivity contribution in [3.8, 4) is 0 Å². The van der Waals surface area contributed by atoms with Crippen LogP contribution in [0.25, 0.3) is 0 Å². The smallest absolute Gasteiger partial charge is 0.335 e. The third-order valence-electron chi connectivity index (χ3n) is 2.05. The molecule has 0 aromatic carbocycles. The number of aliphatic carboxylic acids is 1. The predicted molar refractivity (Wildman–Crippen MR) is 41.3 cm³/mol. The monoisotopic (exact) mass is 208 g/mol. The van der Waals surface area contributed by atoms with Crippen LogP contribution >= 0.6 is 0 Å². The van der Waals surface area contributed by atoms with Gasteiger partial charge in [0.05, 0.1) is 0 Å². The number of carbonyl (C=O) groups is 1. The van der Waals surface area contributed by atoms with Gasteiger partial charge in [0.2, 0.25) is 0 Å². The van der Waals surface area contributed by atoms with E-state index in [4.69, 9.17) is 9.84 Å². The van der Waals surface area contributed by atoms with Crippen LogP contribution in [-0.4, -0.2) is 64.2 Å². The Morgan fingerprint density at radius 1 is 1.21 bits per heavy atom. The summed E-state index contributed by atoms with van der Waals surface area (Å²) in [5.41, 5.74) is 0. The fourth-order valence-corrected chi connectivity index (χ4v) is 1.25. The number of hydrogen-bond donors (Lipinski definition) is 4. The summed E-state index contributed by atoms with van der Waals surface area (Å²) in [6, 6.07) is 0. The van der Waals surface area contributed by atoms with Crippen LogP contribution in [0, 0.1) is 0 Å². The molecule has 82 valence electrons. The number of hydrogen-bond acceptors (Lipinski definition) is 6. The van der Waals surface area contributed by atoms with Gasteiger partial charge in [0.15, 0.2) is 12.4 Å². The molecule has 1 aliphatic heterocycles. The highest BCUT2D eigenvalue weighted by atomic mass is 16.7. The fourth-order valence-electron chi connectivity index (χ4n) is 1.25. The SMILES string of the molecule is CO[C@H]1OC(C(=O)O)[C@@H](O)[C@H](O)C1O. The van der Waals surface area contributed by atoms with Crippen molar-refractivity contribution in [2.75, 3.05) is 7.11 Å². The van der Waals surface area contributed by atoms with Crippen molar-refractivity contribution < 1.29 is 34.7 Å². The number of aliphatic hydroxyl groups is 3. The van der Waals surface area contributed by atoms with Gasteiger partial charge < -0.3 is 29.9 Å². The minimum absolute atomic E-state index is 1.19. The number of aliphatic hydroxyl groups excluding tert-OH is 3. The molecule has 0 saturated carbocycles. The van der Waals surface area contributed by atoms with Gasteiger partial charge in [0, 0.05) is 7.11 Å². The van der Waals surface area contributed by atoms with E-state index < -0.39 is 36.7 Å². The fraction of sp³-hybridized carbons (Fsp3) is 0.857. The quantitative estimate of drug-likeness (QED) is 0.397. The maximum absolute atomic E-state index is 10.5. The van der Waals surface area contributed by atoms with Crippen LogP contribution in [-0.2, 0) is 14.3 Å². The summed E-state index contributed by atoms with van der Waals surface area (Å²) in [4.78, 5) is 10.5. The van der Waals surface area contributed by atoms with Gasteiger partial charge in [-0.1, -0.05) is 0 Å². The van der Waals surface area contributed by atoms with Gasteiger partial charge in [-0.3, -0.25) is 0 Å². The molecule has 0 amide bonds. The summed E-state index contributed by atoms with van der Waals surface area (Å²) in [5, 5.41) is 36.3. The molecule has 0 aromatic heterocycles. The van der Waals surface area contributed by atoms with E-state index in [0.29, 0.717) is 0 Å². The zero-order valence-corrected chi connectivity index (χ0v) is 7.40. The van der Waals surface area contributed by atoms with Crippen molar-refractivity contribution >= 4 is 5.97 Å². The molecule has 2 unspecified atom stereocenters. The Hall–Kier alpha value is -0.730. The van der Waals surface area contributed by atoms with Crippen molar-refractivity contribution in [3.63, 3.8) is 0 Å². The molecule has 7 heteroatoms. The van der Waals surface area contributed by atoms with Crippen LogP contribution in [0.4, 0.5) is 0 Å². The van der Waals surface area contributed by atoms with E-state index >= 15 is 0 Å². The molecule has 7 nitrogen and oxygen atoms in total. The lowest BCUT2D eigenvalue weighted by Gasteiger charge is -2.37. The van der Waals surface area contributed by atoms with E-state index in [0.717, 1.165) is 0 Å². The van der Waals surface area contributed by atoms with Gasteiger partial charge >= 0.3 is 5.97 Å². The molecule has 0 spiro atoms. The number of rotatable bonds is 2. The Morgan fingerprint density at radius 3 is 2.21 bits per heavy atom. The highest BCUT2D eigenvalue weighted by Crippen LogP contribution is 2.21. The van der Waals surface area contributed by atoms with Gasteiger partial charge in [-0.15, -0.1) is 0 Å². The van der Waals surface area contributed by atoms with Crippen LogP contribution in [0.1, 0.15) is 0 Å². The molecular formula is C7H12O7. The molecule has 1 fully saturated rings. The summed E-state index contributed by atoms with van der Waals surface area (Å²) in [5.74, 6) is -1.43. The molecule has 5 atom stereocenters. The molecule has 14 heavy (non-hydrogen) atoms. The van der Waals surface area contributed by atoms with E-state index in [1.165, 1.54) is 7.11 Å². The molecule has 1 rings (SSSR count). The first kappa shape index (κ1) is 11.3. The summed E-state index contributed by atoms with van der Waals surface area (Å²) in [6.45, 7) is 0. The second-order valence-electron chi connectivity index (χ2n) is 2.97. The largest absolute Gasteiger partial charge is 0.479 e. The molecule has 0 radical (unpaired) electrons. The zero-order valence-electron chi connectivity index (χ0n) is 7.40. The lowest BCUT2D eigenvalue weighted by Crippen LogP contribution is -2.60. The Balaban J connectivity index is 2.78. The molecule has 1 heterocycles. The van der Waals surface area contributed by atoms with E-state index in [-0.39, 0.29) is 0 Å². The molecule has 1 saturated heterocycles. The van der Waals surface area contributed by atoms with E-state index in [2.05, 4.69) is 4.74 Å². The number of carboxylic acid groups (broad SMARTS) is 1. The Labute approximate surface area is 79.5 Å². The number of methoxy groups -OCH3 is 1. The predicted octanol–water partition coefficient (Wildman–Crippen LogP) is -2.47. The second-order valence-corrected chi connectivity index (χ2v) is 2.97. The van der Waals surface area contributed by atoms with Crippen molar-refractivity contribution in [3.05, 3.63) is 0 Å². The van der Waals surface area contributed by atoms with E-state index in [1.807, 2.05) is 0 Å². The zero-order chi connectivity index (χ0) is 10.9. The van der Waals surface area contributed by atoms with Crippen LogP contribution < -0.4 is 0 Å². The van der Waals surface area contributed by atoms with Gasteiger partial charge in [-0.05, 0) is 0 Å². The topological polar surface area (TPSA) is 116 Å². The lowest BCUT2D eigenvalue weighted by molar-refractivity contribution is -0.287. The van der Waals surface area contributed by atoms with Crippen molar-refractivity contribution in [1.29, 1.82) is 0 Å². The Morgan fingerprint density at radius 2 is 1.79 bits per heavy atom. The van der Waals surface area contributed by atoms with Crippen molar-refractivity contribution in [2.24, 2.45) is 0 Å². The summed E-state index contributed by atoms with van der Waals surface area (Å²) in [6.07, 6.45) is -7.60. The van der Waals surface area contributed by atoms with E-state index in [1.54, 1.807) is 0 Å². The number of carboxylic acids is 1. The average Bonchev–Trinajstić information content (AvgIpc) is 2.14.